The van der Waals surface area contributed by atoms with Gasteiger partial charge >= 0.3 is 0 Å². The average Bonchev–Trinajstić information content (AvgIpc) is 2.74. The molecular weight excluding hydrogens is 528 g/mol. The Morgan fingerprint density at radius 2 is 1.41 bits per heavy atom. The van der Waals surface area contributed by atoms with Crippen LogP contribution >= 0.6 is 70.6 Å². The van der Waals surface area contributed by atoms with E-state index in [9.17, 15) is 0 Å². The highest BCUT2D eigenvalue weighted by molar-refractivity contribution is 7.99. The summed E-state index contributed by atoms with van der Waals surface area (Å²) in [5, 5.41) is 0.798. The molecule has 180 valence electrons. The monoisotopic (exact) mass is 557 g/mol. The molecule has 0 unspecified atom stereocenters. The molecule has 0 atom stereocenters. The van der Waals surface area contributed by atoms with Gasteiger partial charge in [0.05, 0.1) is 11.4 Å². The highest BCUT2D eigenvalue weighted by atomic mass is 35.5. The Morgan fingerprint density at radius 1 is 0.812 bits per heavy atom. The first-order chi connectivity index (χ1) is 15.0. The molecule has 2 aromatic rings. The first kappa shape index (κ1) is 30.0. The van der Waals surface area contributed by atoms with Crippen LogP contribution in [0.15, 0.2) is 52.3 Å². The number of fused-ring (bicyclic) bond motifs is 2. The summed E-state index contributed by atoms with van der Waals surface area (Å²) in [4.78, 5) is 9.37. The van der Waals surface area contributed by atoms with Crippen molar-refractivity contribution < 1.29 is 0 Å². The predicted octanol–water partition coefficient (Wildman–Crippen LogP) is 7.32. The Morgan fingerprint density at radius 3 is 2.00 bits per heavy atom. The van der Waals surface area contributed by atoms with Crippen molar-refractivity contribution >= 4 is 81.9 Å². The van der Waals surface area contributed by atoms with Crippen LogP contribution in [0.4, 0.5) is 11.4 Å². The summed E-state index contributed by atoms with van der Waals surface area (Å²) < 4.78 is 0. The van der Waals surface area contributed by atoms with Gasteiger partial charge in [0.15, 0.2) is 0 Å². The predicted molar refractivity (Wildman–Crippen MR) is 148 cm³/mol. The van der Waals surface area contributed by atoms with Gasteiger partial charge in [0.25, 0.3) is 0 Å². The van der Waals surface area contributed by atoms with E-state index in [0.29, 0.717) is 17.6 Å². The van der Waals surface area contributed by atoms with Crippen molar-refractivity contribution in [3.05, 3.63) is 47.5 Å². The Kier molecular flexibility index (Phi) is 15.5. The quantitative estimate of drug-likeness (QED) is 0.282. The van der Waals surface area contributed by atoms with Crippen molar-refractivity contribution in [3.8, 4) is 0 Å². The van der Waals surface area contributed by atoms with E-state index in [1.54, 1.807) is 0 Å². The number of para-hydroxylation sites is 1. The molecule has 1 aliphatic rings. The molecule has 9 heteroatoms. The lowest BCUT2D eigenvalue weighted by atomic mass is 10.2. The van der Waals surface area contributed by atoms with E-state index in [1.165, 1.54) is 21.2 Å². The second kappa shape index (κ2) is 16.6. The molecule has 1 aliphatic heterocycles. The summed E-state index contributed by atoms with van der Waals surface area (Å²) in [6.45, 7) is 4.72. The molecule has 3 rings (SSSR count). The SMILES string of the molecule is CN(C)CCCN1c2ccccc2Sc2ccc(Cl)cc21.Cl.ClCCN(CCCl)CCCl. The second-order valence-electron chi connectivity index (χ2n) is 7.40. The minimum absolute atomic E-state index is 0. The lowest BCUT2D eigenvalue weighted by Gasteiger charge is -2.33. The third-order valence-electron chi connectivity index (χ3n) is 4.78. The van der Waals surface area contributed by atoms with E-state index in [-0.39, 0.29) is 12.4 Å². The molecule has 0 radical (unpaired) electrons. The third-order valence-corrected chi connectivity index (χ3v) is 6.65. The summed E-state index contributed by atoms with van der Waals surface area (Å²) >= 11 is 24.7. The number of hydrogen-bond acceptors (Lipinski definition) is 4. The lowest BCUT2D eigenvalue weighted by molar-refractivity contribution is 0.327. The maximum absolute atomic E-state index is 6.21. The largest absolute Gasteiger partial charge is 0.340 e. The maximum atomic E-state index is 6.21. The number of nitrogens with zero attached hydrogens (tertiary/aromatic N) is 3. The molecule has 0 N–H and O–H groups in total. The van der Waals surface area contributed by atoms with Crippen molar-refractivity contribution in [2.75, 3.05) is 69.4 Å². The molecule has 3 nitrogen and oxygen atoms in total. The fourth-order valence-electron chi connectivity index (χ4n) is 3.28. The molecule has 0 fully saturated rings. The van der Waals surface area contributed by atoms with Gasteiger partial charge in [-0.2, -0.15) is 0 Å². The Hall–Kier alpha value is -0.0400. The Balaban J connectivity index is 0.000000400. The smallest absolute Gasteiger partial charge is 0.0567 e. The van der Waals surface area contributed by atoms with E-state index in [1.807, 2.05) is 17.8 Å². The zero-order chi connectivity index (χ0) is 22.6. The van der Waals surface area contributed by atoms with E-state index >= 15 is 0 Å². The molecule has 32 heavy (non-hydrogen) atoms. The molecule has 1 heterocycles. The van der Waals surface area contributed by atoms with Crippen molar-refractivity contribution in [2.45, 2.75) is 16.2 Å². The van der Waals surface area contributed by atoms with Gasteiger partial charge in [-0.05, 0) is 57.4 Å². The summed E-state index contributed by atoms with van der Waals surface area (Å²) in [6.07, 6.45) is 1.12. The highest BCUT2D eigenvalue weighted by Gasteiger charge is 2.22. The molecule has 2 aromatic carbocycles. The number of alkyl halides is 3. The molecule has 0 amide bonds. The van der Waals surface area contributed by atoms with Crippen LogP contribution in [0.3, 0.4) is 0 Å². The Bertz CT molecular complexity index is 780. The minimum atomic E-state index is 0. The van der Waals surface area contributed by atoms with Gasteiger partial charge in [-0.25, -0.2) is 0 Å². The minimum Gasteiger partial charge on any atom is -0.340 e. The van der Waals surface area contributed by atoms with Gasteiger partial charge in [-0.1, -0.05) is 35.5 Å². The summed E-state index contributed by atoms with van der Waals surface area (Å²) in [5.41, 5.74) is 2.51. The second-order valence-corrected chi connectivity index (χ2v) is 10.1. The first-order valence-electron chi connectivity index (χ1n) is 10.4. The summed E-state index contributed by atoms with van der Waals surface area (Å²) in [6, 6.07) is 14.8. The standard InChI is InChI=1S/C17H19ClN2S.C6H12Cl3N.ClH/c1-19(2)10-5-11-20-14-6-3-4-7-16(14)21-17-9-8-13(18)12-15(17)20;7-1-4-10(5-2-8)6-3-9;/h3-4,6-9,12H,5,10-11H2,1-2H3;1-6H2;1H. The van der Waals surface area contributed by atoms with Gasteiger partial charge < -0.3 is 9.80 Å². The van der Waals surface area contributed by atoms with Crippen molar-refractivity contribution in [3.63, 3.8) is 0 Å². The van der Waals surface area contributed by atoms with E-state index < -0.39 is 0 Å². The molecule has 0 saturated carbocycles. The van der Waals surface area contributed by atoms with Crippen LogP contribution in [0.25, 0.3) is 0 Å². The Labute approximate surface area is 223 Å². The number of benzene rings is 2. The van der Waals surface area contributed by atoms with E-state index in [0.717, 1.165) is 44.2 Å². The number of anilines is 2. The number of hydrogen-bond donors (Lipinski definition) is 0. The van der Waals surface area contributed by atoms with Crippen LogP contribution in [0, 0.1) is 0 Å². The number of halogens is 5. The molecule has 0 aromatic heterocycles. The zero-order valence-corrected chi connectivity index (χ0v) is 23.2. The van der Waals surface area contributed by atoms with Crippen LogP contribution in [0.1, 0.15) is 6.42 Å². The highest BCUT2D eigenvalue weighted by Crippen LogP contribution is 2.48. The molecule has 0 saturated heterocycles. The molecule has 0 spiro atoms. The van der Waals surface area contributed by atoms with Crippen molar-refractivity contribution in [1.29, 1.82) is 0 Å². The van der Waals surface area contributed by atoms with Gasteiger partial charge in [-0.3, -0.25) is 4.90 Å². The van der Waals surface area contributed by atoms with E-state index in [2.05, 4.69) is 65.2 Å². The molecular formula is C23H32Cl5N3S. The first-order valence-corrected chi connectivity index (χ1v) is 13.2. The van der Waals surface area contributed by atoms with E-state index in [4.69, 9.17) is 46.4 Å². The van der Waals surface area contributed by atoms with Crippen LogP contribution in [-0.4, -0.2) is 74.3 Å². The third kappa shape index (κ3) is 9.68. The fraction of sp³-hybridized carbons (Fsp3) is 0.478. The zero-order valence-electron chi connectivity index (χ0n) is 18.6. The topological polar surface area (TPSA) is 9.72 Å². The van der Waals surface area contributed by atoms with Gasteiger partial charge in [0, 0.05) is 58.6 Å². The average molecular weight is 560 g/mol. The van der Waals surface area contributed by atoms with Gasteiger partial charge in [0.1, 0.15) is 0 Å². The van der Waals surface area contributed by atoms with Crippen LogP contribution < -0.4 is 4.90 Å². The van der Waals surface area contributed by atoms with Gasteiger partial charge in [-0.15, -0.1) is 47.2 Å². The molecule has 0 aliphatic carbocycles. The normalized spacial score (nSPS) is 12.1. The summed E-state index contributed by atoms with van der Waals surface area (Å²) in [5.74, 6) is 1.94. The van der Waals surface area contributed by atoms with Gasteiger partial charge in [0.2, 0.25) is 0 Å². The maximum Gasteiger partial charge on any atom is 0.0567 e. The molecule has 0 bridgehead atoms. The van der Waals surface area contributed by atoms with Crippen LogP contribution in [0.2, 0.25) is 5.02 Å². The fourth-order valence-corrected chi connectivity index (χ4v) is 5.24. The van der Waals surface area contributed by atoms with Crippen LogP contribution in [-0.2, 0) is 0 Å². The van der Waals surface area contributed by atoms with Crippen LogP contribution in [0.5, 0.6) is 0 Å². The van der Waals surface area contributed by atoms with Crippen molar-refractivity contribution in [2.24, 2.45) is 0 Å². The summed E-state index contributed by atoms with van der Waals surface area (Å²) in [7, 11) is 4.23. The van der Waals surface area contributed by atoms with Crippen molar-refractivity contribution in [1.82, 2.24) is 9.80 Å². The number of rotatable bonds is 10. The lowest BCUT2D eigenvalue weighted by Crippen LogP contribution is -2.29.